The van der Waals surface area contributed by atoms with Crippen LogP contribution in [0.25, 0.3) is 0 Å². The molecule has 0 amide bonds. The van der Waals surface area contributed by atoms with Gasteiger partial charge in [0, 0.05) is 0 Å². The number of anilines is 1. The topological polar surface area (TPSA) is 87.9 Å². The van der Waals surface area contributed by atoms with Crippen molar-refractivity contribution < 1.29 is 5.21 Å². The zero-order chi connectivity index (χ0) is 7.72. The first-order valence-corrected chi connectivity index (χ1v) is 2.71. The third kappa shape index (κ3) is 0.928. The standard InChI is InChI=1S/C5H8N4O/c1-3-2-4(6)5(7)8-9(3)10/h2,6,10H,1H3,(H2,7,8). The molecule has 54 valence electrons. The summed E-state index contributed by atoms with van der Waals surface area (Å²) in [7, 11) is 0. The predicted molar refractivity (Wildman–Crippen MR) is 34.4 cm³/mol. The van der Waals surface area contributed by atoms with E-state index in [0.29, 0.717) is 10.5 Å². The molecule has 0 saturated carbocycles. The predicted octanol–water partition coefficient (Wildman–Crippen LogP) is -0.510. The number of nitrogens with two attached hydrogens (primary N) is 1. The zero-order valence-corrected chi connectivity index (χ0v) is 5.50. The van der Waals surface area contributed by atoms with Crippen LogP contribution in [0, 0.1) is 12.3 Å². The smallest absolute Gasteiger partial charge is 0.172 e. The lowest BCUT2D eigenvalue weighted by atomic mass is 10.4. The van der Waals surface area contributed by atoms with E-state index in [2.05, 4.69) is 5.10 Å². The summed E-state index contributed by atoms with van der Waals surface area (Å²) in [5.74, 6) is 0.0214. The third-order valence-electron chi connectivity index (χ3n) is 1.15. The normalized spacial score (nSPS) is 9.70. The SMILES string of the molecule is Cc1cc(=N)c(N)nn1O. The Morgan fingerprint density at radius 2 is 2.40 bits per heavy atom. The molecule has 5 heteroatoms. The first-order valence-electron chi connectivity index (χ1n) is 2.71. The molecule has 0 aliphatic rings. The van der Waals surface area contributed by atoms with E-state index in [1.807, 2.05) is 0 Å². The molecule has 10 heavy (non-hydrogen) atoms. The molecular formula is C5H8N4O. The van der Waals surface area contributed by atoms with E-state index in [0.717, 1.165) is 0 Å². The minimum atomic E-state index is 0.0214. The van der Waals surface area contributed by atoms with Crippen LogP contribution in [-0.2, 0) is 0 Å². The molecule has 0 fully saturated rings. The van der Waals surface area contributed by atoms with Gasteiger partial charge in [0.2, 0.25) is 0 Å². The number of nitrogen functional groups attached to an aromatic ring is 1. The molecule has 0 unspecified atom stereocenters. The Balaban J connectivity index is 3.43. The van der Waals surface area contributed by atoms with Gasteiger partial charge in [-0.2, -0.15) is 0 Å². The van der Waals surface area contributed by atoms with E-state index in [1.165, 1.54) is 6.07 Å². The second-order valence-corrected chi connectivity index (χ2v) is 1.97. The number of rotatable bonds is 0. The first-order chi connectivity index (χ1) is 4.61. The molecule has 4 N–H and O–H groups in total. The van der Waals surface area contributed by atoms with Crippen LogP contribution in [0.5, 0.6) is 0 Å². The zero-order valence-electron chi connectivity index (χ0n) is 5.50. The van der Waals surface area contributed by atoms with Crippen LogP contribution < -0.4 is 11.1 Å². The molecule has 0 radical (unpaired) electrons. The highest BCUT2D eigenvalue weighted by atomic mass is 16.5. The fraction of sp³-hybridized carbons (Fsp3) is 0.200. The largest absolute Gasteiger partial charge is 0.411 e. The Labute approximate surface area is 57.2 Å². The summed E-state index contributed by atoms with van der Waals surface area (Å²) in [5.41, 5.74) is 5.70. The highest BCUT2D eigenvalue weighted by Gasteiger charge is 1.95. The van der Waals surface area contributed by atoms with Crippen LogP contribution in [0.2, 0.25) is 0 Å². The van der Waals surface area contributed by atoms with Crippen LogP contribution in [0.15, 0.2) is 6.07 Å². The molecule has 1 aromatic heterocycles. The lowest BCUT2D eigenvalue weighted by Gasteiger charge is -2.00. The molecule has 0 spiro atoms. The van der Waals surface area contributed by atoms with Crippen molar-refractivity contribution in [2.24, 2.45) is 0 Å². The van der Waals surface area contributed by atoms with Crippen LogP contribution in [0.4, 0.5) is 5.82 Å². The maximum absolute atomic E-state index is 8.87. The number of aromatic nitrogens is 2. The maximum Gasteiger partial charge on any atom is 0.172 e. The Bertz CT molecular complexity index is 303. The average Bonchev–Trinajstić information content (AvgIpc) is 1.84. The van der Waals surface area contributed by atoms with Gasteiger partial charge in [-0.1, -0.05) is 0 Å². The number of aryl methyl sites for hydroxylation is 1. The number of nitrogens with one attached hydrogen (secondary N) is 1. The van der Waals surface area contributed by atoms with Crippen LogP contribution in [-0.4, -0.2) is 15.2 Å². The van der Waals surface area contributed by atoms with Gasteiger partial charge < -0.3 is 10.9 Å². The van der Waals surface area contributed by atoms with E-state index in [9.17, 15) is 0 Å². The van der Waals surface area contributed by atoms with Crippen molar-refractivity contribution in [2.75, 3.05) is 5.73 Å². The van der Waals surface area contributed by atoms with Crippen LogP contribution in [0.3, 0.4) is 0 Å². The van der Waals surface area contributed by atoms with Crippen molar-refractivity contribution in [1.82, 2.24) is 9.94 Å². The second kappa shape index (κ2) is 2.02. The molecule has 0 aliphatic carbocycles. The van der Waals surface area contributed by atoms with Crippen molar-refractivity contribution in [2.45, 2.75) is 6.92 Å². The highest BCUT2D eigenvalue weighted by molar-refractivity contribution is 5.24. The fourth-order valence-corrected chi connectivity index (χ4v) is 0.575. The van der Waals surface area contributed by atoms with Crippen molar-refractivity contribution in [3.63, 3.8) is 0 Å². The van der Waals surface area contributed by atoms with E-state index >= 15 is 0 Å². The molecular weight excluding hydrogens is 132 g/mol. The summed E-state index contributed by atoms with van der Waals surface area (Å²) >= 11 is 0. The van der Waals surface area contributed by atoms with Crippen molar-refractivity contribution in [3.8, 4) is 0 Å². The van der Waals surface area contributed by atoms with E-state index < -0.39 is 0 Å². The summed E-state index contributed by atoms with van der Waals surface area (Å²) in [4.78, 5) is 0.646. The molecule has 0 saturated heterocycles. The molecule has 1 heterocycles. The highest BCUT2D eigenvalue weighted by Crippen LogP contribution is 1.89. The molecule has 1 rings (SSSR count). The van der Waals surface area contributed by atoms with Gasteiger partial charge in [-0.3, -0.25) is 5.41 Å². The van der Waals surface area contributed by atoms with Crippen molar-refractivity contribution in [1.29, 1.82) is 5.41 Å². The van der Waals surface area contributed by atoms with Crippen molar-refractivity contribution in [3.05, 3.63) is 17.1 Å². The lowest BCUT2D eigenvalue weighted by molar-refractivity contribution is 0.138. The monoisotopic (exact) mass is 140 g/mol. The molecule has 0 bridgehead atoms. The van der Waals surface area contributed by atoms with Gasteiger partial charge in [0.25, 0.3) is 0 Å². The molecule has 0 atom stereocenters. The summed E-state index contributed by atoms with van der Waals surface area (Å²) in [5, 5.41) is 19.6. The summed E-state index contributed by atoms with van der Waals surface area (Å²) < 4.78 is 0. The lowest BCUT2D eigenvalue weighted by Crippen LogP contribution is -2.16. The quantitative estimate of drug-likeness (QED) is 0.424. The molecule has 0 aromatic carbocycles. The number of hydrogen-bond acceptors (Lipinski definition) is 4. The Kier molecular flexibility index (Phi) is 1.33. The minimum absolute atomic E-state index is 0.0214. The van der Waals surface area contributed by atoms with Gasteiger partial charge in [0.05, 0.1) is 11.1 Å². The Hall–Kier alpha value is -1.52. The van der Waals surface area contributed by atoms with E-state index in [1.54, 1.807) is 6.92 Å². The molecule has 0 aliphatic heterocycles. The van der Waals surface area contributed by atoms with Gasteiger partial charge in [0.1, 0.15) is 0 Å². The first kappa shape index (κ1) is 6.60. The summed E-state index contributed by atoms with van der Waals surface area (Å²) in [6.45, 7) is 1.63. The maximum atomic E-state index is 8.87. The van der Waals surface area contributed by atoms with Crippen LogP contribution in [0.1, 0.15) is 5.69 Å². The van der Waals surface area contributed by atoms with Crippen LogP contribution >= 0.6 is 0 Å². The van der Waals surface area contributed by atoms with Gasteiger partial charge in [-0.15, -0.1) is 9.94 Å². The fourth-order valence-electron chi connectivity index (χ4n) is 0.575. The molecule has 1 aromatic rings. The van der Waals surface area contributed by atoms with E-state index in [4.69, 9.17) is 16.4 Å². The van der Waals surface area contributed by atoms with Gasteiger partial charge in [-0.05, 0) is 13.0 Å². The summed E-state index contributed by atoms with van der Waals surface area (Å²) in [6.07, 6.45) is 0. The van der Waals surface area contributed by atoms with Gasteiger partial charge in [-0.25, -0.2) is 0 Å². The van der Waals surface area contributed by atoms with Gasteiger partial charge >= 0.3 is 0 Å². The third-order valence-corrected chi connectivity index (χ3v) is 1.15. The second-order valence-electron chi connectivity index (χ2n) is 1.97. The molecule has 5 nitrogen and oxygen atoms in total. The Morgan fingerprint density at radius 1 is 1.80 bits per heavy atom. The van der Waals surface area contributed by atoms with E-state index in [-0.39, 0.29) is 11.2 Å². The number of hydrogen-bond donors (Lipinski definition) is 3. The summed E-state index contributed by atoms with van der Waals surface area (Å²) in [6, 6.07) is 1.43. The van der Waals surface area contributed by atoms with Gasteiger partial charge in [0.15, 0.2) is 5.82 Å². The average molecular weight is 140 g/mol. The minimum Gasteiger partial charge on any atom is -0.411 e. The van der Waals surface area contributed by atoms with Crippen molar-refractivity contribution >= 4 is 5.82 Å². The Morgan fingerprint density at radius 3 is 2.90 bits per heavy atom. The number of nitrogens with zero attached hydrogens (tertiary/aromatic N) is 2.